The van der Waals surface area contributed by atoms with Crippen LogP contribution in [0.25, 0.3) is 0 Å². The summed E-state index contributed by atoms with van der Waals surface area (Å²) in [6, 6.07) is 6.28. The molecule has 100 valence electrons. The van der Waals surface area contributed by atoms with Gasteiger partial charge in [-0.1, -0.05) is 41.9 Å². The van der Waals surface area contributed by atoms with Gasteiger partial charge in [0.2, 0.25) is 0 Å². The predicted octanol–water partition coefficient (Wildman–Crippen LogP) is 2.86. The molecule has 1 saturated heterocycles. The van der Waals surface area contributed by atoms with E-state index in [0.717, 1.165) is 4.90 Å². The Hall–Kier alpha value is -1.52. The first-order valence-corrected chi connectivity index (χ1v) is 6.33. The van der Waals surface area contributed by atoms with Crippen molar-refractivity contribution in [3.63, 3.8) is 0 Å². The van der Waals surface area contributed by atoms with Crippen LogP contribution < -0.4 is 5.32 Å². The average Bonchev–Trinajstić information content (AvgIpc) is 2.54. The van der Waals surface area contributed by atoms with Crippen molar-refractivity contribution >= 4 is 35.1 Å². The molecule has 4 nitrogen and oxygen atoms in total. The summed E-state index contributed by atoms with van der Waals surface area (Å²) in [7, 11) is 0. The molecule has 3 amide bonds. The van der Waals surface area contributed by atoms with Gasteiger partial charge in [-0.15, -0.1) is 0 Å². The van der Waals surface area contributed by atoms with Crippen LogP contribution in [0.5, 0.6) is 0 Å². The number of hydrogen-bond acceptors (Lipinski definition) is 2. The second kappa shape index (κ2) is 4.87. The van der Waals surface area contributed by atoms with Gasteiger partial charge in [0, 0.05) is 10.1 Å². The van der Waals surface area contributed by atoms with Crippen molar-refractivity contribution in [3.8, 4) is 0 Å². The number of hydrogen-bond donors (Lipinski definition) is 1. The summed E-state index contributed by atoms with van der Waals surface area (Å²) in [5.74, 6) is -0.360. The van der Waals surface area contributed by atoms with Crippen molar-refractivity contribution in [2.75, 3.05) is 6.54 Å². The minimum Gasteiger partial charge on any atom is -0.319 e. The van der Waals surface area contributed by atoms with Gasteiger partial charge in [-0.2, -0.15) is 0 Å². The second-order valence-corrected chi connectivity index (χ2v) is 5.44. The lowest BCUT2D eigenvalue weighted by molar-refractivity contribution is -0.130. The van der Waals surface area contributed by atoms with Crippen LogP contribution in [0.15, 0.2) is 35.9 Å². The summed E-state index contributed by atoms with van der Waals surface area (Å²) >= 11 is 11.5. The Balaban J connectivity index is 2.35. The number of amides is 3. The number of urea groups is 1. The highest BCUT2D eigenvalue weighted by atomic mass is 35.5. The minimum atomic E-state index is -1.10. The molecule has 1 aliphatic heterocycles. The number of benzene rings is 1. The molecule has 0 radical (unpaired) electrons. The molecule has 0 bridgehead atoms. The first kappa shape index (κ1) is 13.9. The van der Waals surface area contributed by atoms with Crippen LogP contribution in [0.4, 0.5) is 4.79 Å². The normalized spacial score (nSPS) is 22.6. The first-order chi connectivity index (χ1) is 8.84. The van der Waals surface area contributed by atoms with E-state index in [9.17, 15) is 9.59 Å². The number of halogens is 2. The van der Waals surface area contributed by atoms with Crippen molar-refractivity contribution in [1.82, 2.24) is 10.2 Å². The van der Waals surface area contributed by atoms with E-state index >= 15 is 0 Å². The lowest BCUT2D eigenvalue weighted by Gasteiger charge is -2.22. The van der Waals surface area contributed by atoms with E-state index < -0.39 is 11.6 Å². The van der Waals surface area contributed by atoms with Gasteiger partial charge >= 0.3 is 6.03 Å². The van der Waals surface area contributed by atoms with Crippen molar-refractivity contribution in [1.29, 1.82) is 0 Å². The highest BCUT2D eigenvalue weighted by molar-refractivity contribution is 6.30. The van der Waals surface area contributed by atoms with Crippen LogP contribution in [0, 0.1) is 0 Å². The molecule has 1 aromatic rings. The zero-order valence-electron chi connectivity index (χ0n) is 10.2. The van der Waals surface area contributed by atoms with Crippen LogP contribution >= 0.6 is 23.2 Å². The number of rotatable bonds is 3. The molecule has 0 aromatic heterocycles. The van der Waals surface area contributed by atoms with Crippen LogP contribution in [0.1, 0.15) is 12.5 Å². The number of nitrogens with one attached hydrogen (secondary N) is 1. The van der Waals surface area contributed by atoms with Crippen molar-refractivity contribution in [2.24, 2.45) is 0 Å². The summed E-state index contributed by atoms with van der Waals surface area (Å²) in [6.07, 6.45) is 0. The van der Waals surface area contributed by atoms with E-state index in [1.54, 1.807) is 31.2 Å². The summed E-state index contributed by atoms with van der Waals surface area (Å²) in [5.41, 5.74) is -0.438. The van der Waals surface area contributed by atoms with Crippen molar-refractivity contribution < 1.29 is 9.59 Å². The molecule has 6 heteroatoms. The number of carbonyl (C=O) groups excluding carboxylic acids is 2. The van der Waals surface area contributed by atoms with Crippen LogP contribution in [0.3, 0.4) is 0 Å². The number of imide groups is 1. The Morgan fingerprint density at radius 2 is 1.95 bits per heavy atom. The molecule has 1 atom stereocenters. The maximum Gasteiger partial charge on any atom is 0.325 e. The van der Waals surface area contributed by atoms with Crippen LogP contribution in [0.2, 0.25) is 5.02 Å². The Kier molecular flexibility index (Phi) is 3.56. The summed E-state index contributed by atoms with van der Waals surface area (Å²) in [4.78, 5) is 25.3. The smallest absolute Gasteiger partial charge is 0.319 e. The molecule has 0 saturated carbocycles. The highest BCUT2D eigenvalue weighted by Gasteiger charge is 2.48. The molecular weight excluding hydrogens is 287 g/mol. The maximum absolute atomic E-state index is 12.4. The quantitative estimate of drug-likeness (QED) is 0.872. The van der Waals surface area contributed by atoms with Gasteiger partial charge in [-0.25, -0.2) is 4.79 Å². The zero-order valence-corrected chi connectivity index (χ0v) is 11.8. The number of carbonyl (C=O) groups is 2. The fourth-order valence-corrected chi connectivity index (χ4v) is 2.24. The molecule has 1 aliphatic rings. The van der Waals surface area contributed by atoms with E-state index in [2.05, 4.69) is 11.9 Å². The van der Waals surface area contributed by atoms with E-state index in [1.165, 1.54) is 0 Å². The van der Waals surface area contributed by atoms with E-state index in [1.807, 2.05) is 0 Å². The van der Waals surface area contributed by atoms with E-state index in [4.69, 9.17) is 23.2 Å². The van der Waals surface area contributed by atoms with Gasteiger partial charge in [-0.05, 0) is 24.6 Å². The van der Waals surface area contributed by atoms with Gasteiger partial charge < -0.3 is 5.32 Å². The highest BCUT2D eigenvalue weighted by Crippen LogP contribution is 2.30. The van der Waals surface area contributed by atoms with Gasteiger partial charge in [0.1, 0.15) is 5.54 Å². The number of nitrogens with zero attached hydrogens (tertiary/aromatic N) is 1. The molecule has 19 heavy (non-hydrogen) atoms. The molecule has 2 rings (SSSR count). The summed E-state index contributed by atoms with van der Waals surface area (Å²) in [6.45, 7) is 5.14. The molecule has 1 fully saturated rings. The van der Waals surface area contributed by atoms with Crippen LogP contribution in [-0.4, -0.2) is 23.4 Å². The second-order valence-electron chi connectivity index (χ2n) is 4.47. The van der Waals surface area contributed by atoms with E-state index in [0.29, 0.717) is 10.6 Å². The third kappa shape index (κ3) is 2.46. The van der Waals surface area contributed by atoms with E-state index in [-0.39, 0.29) is 17.5 Å². The van der Waals surface area contributed by atoms with Gasteiger partial charge in [0.15, 0.2) is 0 Å². The molecule has 1 heterocycles. The third-order valence-corrected chi connectivity index (χ3v) is 3.40. The topological polar surface area (TPSA) is 49.4 Å². The predicted molar refractivity (Wildman–Crippen MR) is 74.0 cm³/mol. The van der Waals surface area contributed by atoms with Gasteiger partial charge in [-0.3, -0.25) is 9.69 Å². The summed E-state index contributed by atoms with van der Waals surface area (Å²) in [5, 5.41) is 3.46. The summed E-state index contributed by atoms with van der Waals surface area (Å²) < 4.78 is 0. The molecule has 1 aromatic carbocycles. The Morgan fingerprint density at radius 1 is 1.37 bits per heavy atom. The Bertz CT molecular complexity index is 556. The molecule has 0 spiro atoms. The van der Waals surface area contributed by atoms with Gasteiger partial charge in [0.05, 0.1) is 6.54 Å². The Labute approximate surface area is 121 Å². The van der Waals surface area contributed by atoms with Crippen molar-refractivity contribution in [3.05, 3.63) is 46.5 Å². The fourth-order valence-electron chi connectivity index (χ4n) is 1.99. The monoisotopic (exact) mass is 298 g/mol. The van der Waals surface area contributed by atoms with Gasteiger partial charge in [0.25, 0.3) is 5.91 Å². The average molecular weight is 299 g/mol. The maximum atomic E-state index is 12.4. The minimum absolute atomic E-state index is 0.00456. The molecule has 1 N–H and O–H groups in total. The molecule has 0 aliphatic carbocycles. The molecule has 1 unspecified atom stereocenters. The fraction of sp³-hybridized carbons (Fsp3) is 0.231. The lowest BCUT2D eigenvalue weighted by Crippen LogP contribution is -2.41. The molecular formula is C13H12Cl2N2O2. The zero-order chi connectivity index (χ0) is 14.2. The standard InChI is InChI=1S/C13H12Cl2N2O2/c1-8(14)7-17-11(18)13(2,16-12(17)19)9-3-5-10(15)6-4-9/h3-6H,1,7H2,2H3,(H,16,19). The lowest BCUT2D eigenvalue weighted by atomic mass is 9.92. The SMILES string of the molecule is C=C(Cl)CN1C(=O)NC(C)(c2ccc(Cl)cc2)C1=O. The largest absolute Gasteiger partial charge is 0.325 e. The van der Waals surface area contributed by atoms with Crippen LogP contribution in [-0.2, 0) is 10.3 Å². The van der Waals surface area contributed by atoms with Crippen molar-refractivity contribution in [2.45, 2.75) is 12.5 Å². The Morgan fingerprint density at radius 3 is 2.47 bits per heavy atom. The third-order valence-electron chi connectivity index (χ3n) is 3.03. The first-order valence-electron chi connectivity index (χ1n) is 5.58.